The summed E-state index contributed by atoms with van der Waals surface area (Å²) < 4.78 is 0. The van der Waals surface area contributed by atoms with Gasteiger partial charge in [0.1, 0.15) is 0 Å². The quantitative estimate of drug-likeness (QED) is 0.510. The SMILES string of the molecule is CC(=NO)C(Cc1ccc(Cl)cc1)N1CCCC1.CCO. The standard InChI is InChI=1S/C14H19ClN2O.C2H6O/c1-11(16-18)14(17-8-2-3-9-17)10-12-4-6-13(15)7-5-12;1-2-3/h4-7,14,18H,2-3,8-10H2,1H3;3H,2H2,1H3. The highest BCUT2D eigenvalue weighted by atomic mass is 35.5. The fourth-order valence-electron chi connectivity index (χ4n) is 2.50. The topological polar surface area (TPSA) is 56.1 Å². The van der Waals surface area contributed by atoms with E-state index in [2.05, 4.69) is 10.1 Å². The molecule has 0 aliphatic carbocycles. The van der Waals surface area contributed by atoms with E-state index >= 15 is 0 Å². The molecule has 1 saturated heterocycles. The van der Waals surface area contributed by atoms with Crippen LogP contribution in [0.3, 0.4) is 0 Å². The van der Waals surface area contributed by atoms with Gasteiger partial charge in [-0.2, -0.15) is 0 Å². The first-order valence-electron chi connectivity index (χ1n) is 7.40. The minimum Gasteiger partial charge on any atom is -0.411 e. The predicted octanol–water partition coefficient (Wildman–Crippen LogP) is 3.20. The molecule has 1 aromatic rings. The maximum Gasteiger partial charge on any atom is 0.0714 e. The molecule has 1 atom stereocenters. The summed E-state index contributed by atoms with van der Waals surface area (Å²) in [5.74, 6) is 0. The minimum atomic E-state index is 0.193. The molecule has 2 N–H and O–H groups in total. The van der Waals surface area contributed by atoms with E-state index in [-0.39, 0.29) is 12.6 Å². The van der Waals surface area contributed by atoms with Gasteiger partial charge in [0.25, 0.3) is 0 Å². The van der Waals surface area contributed by atoms with Crippen LogP contribution < -0.4 is 0 Å². The number of aliphatic hydroxyl groups is 1. The van der Waals surface area contributed by atoms with Gasteiger partial charge in [0.05, 0.1) is 11.8 Å². The number of rotatable bonds is 4. The average molecular weight is 313 g/mol. The van der Waals surface area contributed by atoms with E-state index in [0.29, 0.717) is 0 Å². The first-order chi connectivity index (χ1) is 10.1. The fraction of sp³-hybridized carbons (Fsp3) is 0.562. The van der Waals surface area contributed by atoms with Crippen LogP contribution in [0.15, 0.2) is 29.4 Å². The van der Waals surface area contributed by atoms with E-state index in [9.17, 15) is 0 Å². The Morgan fingerprint density at radius 2 is 1.81 bits per heavy atom. The lowest BCUT2D eigenvalue weighted by atomic mass is 10.0. The maximum absolute atomic E-state index is 9.03. The summed E-state index contributed by atoms with van der Waals surface area (Å²) >= 11 is 5.89. The van der Waals surface area contributed by atoms with Crippen molar-refractivity contribution in [1.82, 2.24) is 4.90 Å². The van der Waals surface area contributed by atoms with Crippen molar-refractivity contribution in [1.29, 1.82) is 0 Å². The average Bonchev–Trinajstić information content (AvgIpc) is 3.00. The van der Waals surface area contributed by atoms with E-state index in [0.717, 1.165) is 30.2 Å². The van der Waals surface area contributed by atoms with Crippen LogP contribution in [0, 0.1) is 0 Å². The third kappa shape index (κ3) is 6.04. The van der Waals surface area contributed by atoms with Crippen LogP contribution >= 0.6 is 11.6 Å². The van der Waals surface area contributed by atoms with Gasteiger partial charge in [-0.25, -0.2) is 0 Å². The smallest absolute Gasteiger partial charge is 0.0714 e. The van der Waals surface area contributed by atoms with Crippen molar-refractivity contribution in [3.8, 4) is 0 Å². The number of halogens is 1. The Labute approximate surface area is 132 Å². The van der Waals surface area contributed by atoms with Crippen LogP contribution in [0.4, 0.5) is 0 Å². The molecular weight excluding hydrogens is 288 g/mol. The molecule has 118 valence electrons. The lowest BCUT2D eigenvalue weighted by molar-refractivity contribution is 0.275. The lowest BCUT2D eigenvalue weighted by Crippen LogP contribution is -2.39. The molecule has 2 rings (SSSR count). The van der Waals surface area contributed by atoms with Gasteiger partial charge in [-0.1, -0.05) is 28.9 Å². The summed E-state index contributed by atoms with van der Waals surface area (Å²) in [5.41, 5.74) is 2.01. The molecule has 0 saturated carbocycles. The number of hydrogen-bond acceptors (Lipinski definition) is 4. The molecule has 0 radical (unpaired) electrons. The van der Waals surface area contributed by atoms with Crippen LogP contribution in [0.25, 0.3) is 0 Å². The van der Waals surface area contributed by atoms with Crippen LogP contribution in [-0.4, -0.2) is 46.7 Å². The molecule has 1 aromatic carbocycles. The Balaban J connectivity index is 0.000000677. The lowest BCUT2D eigenvalue weighted by Gasteiger charge is -2.26. The zero-order valence-electron chi connectivity index (χ0n) is 12.8. The Bertz CT molecular complexity index is 428. The zero-order chi connectivity index (χ0) is 15.7. The second-order valence-electron chi connectivity index (χ2n) is 5.15. The van der Waals surface area contributed by atoms with Crippen molar-refractivity contribution in [2.45, 2.75) is 39.2 Å². The highest BCUT2D eigenvalue weighted by Gasteiger charge is 2.24. The highest BCUT2D eigenvalue weighted by molar-refractivity contribution is 6.30. The zero-order valence-corrected chi connectivity index (χ0v) is 13.6. The largest absolute Gasteiger partial charge is 0.411 e. The summed E-state index contributed by atoms with van der Waals surface area (Å²) in [6.07, 6.45) is 3.33. The molecule has 0 spiro atoms. The van der Waals surface area contributed by atoms with Crippen molar-refractivity contribution >= 4 is 17.3 Å². The summed E-state index contributed by atoms with van der Waals surface area (Å²) in [6, 6.07) is 8.08. The van der Waals surface area contributed by atoms with Crippen molar-refractivity contribution in [3.63, 3.8) is 0 Å². The molecule has 0 bridgehead atoms. The second-order valence-corrected chi connectivity index (χ2v) is 5.58. The fourth-order valence-corrected chi connectivity index (χ4v) is 2.63. The van der Waals surface area contributed by atoms with Gasteiger partial charge in [0, 0.05) is 11.6 Å². The number of aliphatic hydroxyl groups excluding tert-OH is 1. The van der Waals surface area contributed by atoms with E-state index < -0.39 is 0 Å². The first kappa shape index (κ1) is 18.0. The first-order valence-corrected chi connectivity index (χ1v) is 7.78. The predicted molar refractivity (Wildman–Crippen MR) is 87.4 cm³/mol. The van der Waals surface area contributed by atoms with Crippen molar-refractivity contribution in [2.75, 3.05) is 19.7 Å². The van der Waals surface area contributed by atoms with Gasteiger partial charge in [-0.3, -0.25) is 4.90 Å². The van der Waals surface area contributed by atoms with E-state index in [1.54, 1.807) is 6.92 Å². The molecule has 5 heteroatoms. The molecule has 1 unspecified atom stereocenters. The number of nitrogens with zero attached hydrogens (tertiary/aromatic N) is 2. The van der Waals surface area contributed by atoms with Crippen LogP contribution in [0.5, 0.6) is 0 Å². The molecule has 1 aliphatic rings. The van der Waals surface area contributed by atoms with Crippen LogP contribution in [-0.2, 0) is 6.42 Å². The molecule has 0 aromatic heterocycles. The van der Waals surface area contributed by atoms with Crippen molar-refractivity contribution < 1.29 is 10.3 Å². The third-order valence-electron chi connectivity index (χ3n) is 3.56. The number of benzene rings is 1. The van der Waals surface area contributed by atoms with Gasteiger partial charge < -0.3 is 10.3 Å². The molecule has 0 amide bonds. The summed E-state index contributed by atoms with van der Waals surface area (Å²) in [5, 5.41) is 20.7. The number of hydrogen-bond donors (Lipinski definition) is 2. The maximum atomic E-state index is 9.03. The van der Waals surface area contributed by atoms with Gasteiger partial charge in [-0.05, 0) is 63.9 Å². The van der Waals surface area contributed by atoms with Gasteiger partial charge in [-0.15, -0.1) is 0 Å². The molecular formula is C16H25ClN2O2. The number of oxime groups is 1. The van der Waals surface area contributed by atoms with Crippen LogP contribution in [0.1, 0.15) is 32.3 Å². The molecule has 1 heterocycles. The van der Waals surface area contributed by atoms with Crippen LogP contribution in [0.2, 0.25) is 5.02 Å². The molecule has 4 nitrogen and oxygen atoms in total. The van der Waals surface area contributed by atoms with Gasteiger partial charge in [0.2, 0.25) is 0 Å². The van der Waals surface area contributed by atoms with Gasteiger partial charge in [0.15, 0.2) is 0 Å². The Morgan fingerprint density at radius 3 is 2.29 bits per heavy atom. The monoisotopic (exact) mass is 312 g/mol. The Hall–Kier alpha value is -1.10. The molecule has 1 aliphatic heterocycles. The highest BCUT2D eigenvalue weighted by Crippen LogP contribution is 2.18. The van der Waals surface area contributed by atoms with E-state index in [4.69, 9.17) is 21.9 Å². The molecule has 21 heavy (non-hydrogen) atoms. The third-order valence-corrected chi connectivity index (χ3v) is 3.82. The summed E-state index contributed by atoms with van der Waals surface area (Å²) in [6.45, 7) is 6.00. The second kappa shape index (κ2) is 9.77. The van der Waals surface area contributed by atoms with Gasteiger partial charge >= 0.3 is 0 Å². The summed E-state index contributed by atoms with van der Waals surface area (Å²) in [7, 11) is 0. The molecule has 1 fully saturated rings. The Morgan fingerprint density at radius 1 is 1.29 bits per heavy atom. The summed E-state index contributed by atoms with van der Waals surface area (Å²) in [4.78, 5) is 2.39. The number of likely N-dealkylation sites (tertiary alicyclic amines) is 1. The van der Waals surface area contributed by atoms with Crippen molar-refractivity contribution in [2.24, 2.45) is 5.16 Å². The van der Waals surface area contributed by atoms with E-state index in [1.807, 2.05) is 31.2 Å². The Kier molecular flexibility index (Phi) is 8.35. The minimum absolute atomic E-state index is 0.193. The van der Waals surface area contributed by atoms with E-state index in [1.165, 1.54) is 18.4 Å². The van der Waals surface area contributed by atoms with Crippen molar-refractivity contribution in [3.05, 3.63) is 34.9 Å². The normalized spacial score (nSPS) is 17.2.